The number of hydrogen-bond donors (Lipinski definition) is 1. The van der Waals surface area contributed by atoms with Gasteiger partial charge in [0.15, 0.2) is 5.82 Å². The molecule has 1 aliphatic heterocycles. The number of benzene rings is 2. The number of piperazine rings is 1. The van der Waals surface area contributed by atoms with E-state index in [0.717, 1.165) is 34.8 Å². The molecule has 1 aliphatic rings. The molecule has 4 rings (SSSR count). The van der Waals surface area contributed by atoms with Crippen LogP contribution in [0.4, 0.5) is 23.8 Å². The molecule has 35 heavy (non-hydrogen) atoms. The number of hydrogen-bond acceptors (Lipinski definition) is 4. The first-order chi connectivity index (χ1) is 16.8. The van der Waals surface area contributed by atoms with Gasteiger partial charge < -0.3 is 15.1 Å². The van der Waals surface area contributed by atoms with Crippen molar-refractivity contribution in [2.24, 2.45) is 0 Å². The molecule has 0 radical (unpaired) electrons. The molecule has 0 aliphatic carbocycles. The van der Waals surface area contributed by atoms with Gasteiger partial charge in [-0.1, -0.05) is 49.4 Å². The monoisotopic (exact) mass is 483 g/mol. The summed E-state index contributed by atoms with van der Waals surface area (Å²) in [6, 6.07) is 14.7. The molecule has 1 N–H and O–H groups in total. The zero-order chi connectivity index (χ0) is 25.0. The Balaban J connectivity index is 1.49. The molecule has 2 heterocycles. The zero-order valence-corrected chi connectivity index (χ0v) is 19.8. The molecule has 1 saturated heterocycles. The molecular formula is C26H28F3N5O. The SMILES string of the molecule is CCc1c(C)nc(-c2cccc(C(F)(F)F)c2)nc1N1CCN(C(=O)NCc2ccccc2)CC1. The molecule has 0 spiro atoms. The van der Waals surface area contributed by atoms with Crippen molar-refractivity contribution in [2.75, 3.05) is 31.1 Å². The van der Waals surface area contributed by atoms with E-state index in [9.17, 15) is 18.0 Å². The minimum atomic E-state index is -4.44. The van der Waals surface area contributed by atoms with Gasteiger partial charge in [0.1, 0.15) is 5.82 Å². The Bertz CT molecular complexity index is 1180. The zero-order valence-electron chi connectivity index (χ0n) is 19.8. The maximum atomic E-state index is 13.2. The molecular weight excluding hydrogens is 455 g/mol. The summed E-state index contributed by atoms with van der Waals surface area (Å²) < 4.78 is 39.7. The summed E-state index contributed by atoms with van der Waals surface area (Å²) in [5, 5.41) is 2.95. The van der Waals surface area contributed by atoms with Crippen molar-refractivity contribution in [1.82, 2.24) is 20.2 Å². The van der Waals surface area contributed by atoms with E-state index in [0.29, 0.717) is 44.7 Å². The first-order valence-electron chi connectivity index (χ1n) is 11.6. The fourth-order valence-electron chi connectivity index (χ4n) is 4.23. The van der Waals surface area contributed by atoms with Gasteiger partial charge in [-0.25, -0.2) is 14.8 Å². The highest BCUT2D eigenvalue weighted by molar-refractivity contribution is 5.74. The van der Waals surface area contributed by atoms with E-state index in [1.165, 1.54) is 6.07 Å². The standard InChI is InChI=1S/C26H28F3N5O/c1-3-22-18(2)31-23(20-10-7-11-21(16-20)26(27,28)29)32-24(22)33-12-14-34(15-13-33)25(35)30-17-19-8-5-4-6-9-19/h4-11,16H,3,12-15,17H2,1-2H3,(H,30,35). The normalized spacial score (nSPS) is 14.2. The Morgan fingerprint density at radius 1 is 1.00 bits per heavy atom. The van der Waals surface area contributed by atoms with Gasteiger partial charge in [0, 0.05) is 49.5 Å². The second-order valence-corrected chi connectivity index (χ2v) is 8.49. The predicted octanol–water partition coefficient (Wildman–Crippen LogP) is 5.07. The Labute approximate surface area is 202 Å². The molecule has 3 aromatic rings. The third-order valence-electron chi connectivity index (χ3n) is 6.15. The van der Waals surface area contributed by atoms with Gasteiger partial charge in [-0.15, -0.1) is 0 Å². The molecule has 2 amide bonds. The van der Waals surface area contributed by atoms with Crippen molar-refractivity contribution < 1.29 is 18.0 Å². The highest BCUT2D eigenvalue weighted by Crippen LogP contribution is 2.32. The summed E-state index contributed by atoms with van der Waals surface area (Å²) in [5.74, 6) is 0.987. The lowest BCUT2D eigenvalue weighted by atomic mass is 10.1. The lowest BCUT2D eigenvalue weighted by Crippen LogP contribution is -2.52. The summed E-state index contributed by atoms with van der Waals surface area (Å²) in [4.78, 5) is 25.7. The van der Waals surface area contributed by atoms with Gasteiger partial charge in [-0.2, -0.15) is 13.2 Å². The number of carbonyl (C=O) groups excluding carboxylic acids is 1. The van der Waals surface area contributed by atoms with Gasteiger partial charge in [0.05, 0.1) is 5.56 Å². The summed E-state index contributed by atoms with van der Waals surface area (Å²) >= 11 is 0. The van der Waals surface area contributed by atoms with Crippen molar-refractivity contribution in [3.63, 3.8) is 0 Å². The van der Waals surface area contributed by atoms with Gasteiger partial charge in [0.2, 0.25) is 0 Å². The van der Waals surface area contributed by atoms with Crippen LogP contribution in [0.5, 0.6) is 0 Å². The molecule has 9 heteroatoms. The van der Waals surface area contributed by atoms with E-state index in [-0.39, 0.29) is 11.9 Å². The van der Waals surface area contributed by atoms with Crippen molar-refractivity contribution in [3.05, 3.63) is 77.0 Å². The number of alkyl halides is 3. The van der Waals surface area contributed by atoms with Gasteiger partial charge in [-0.05, 0) is 31.0 Å². The number of aryl methyl sites for hydroxylation is 1. The van der Waals surface area contributed by atoms with Gasteiger partial charge >= 0.3 is 12.2 Å². The number of urea groups is 1. The fraction of sp³-hybridized carbons (Fsp3) is 0.346. The second-order valence-electron chi connectivity index (χ2n) is 8.49. The van der Waals surface area contributed by atoms with Crippen molar-refractivity contribution in [1.29, 1.82) is 0 Å². The van der Waals surface area contributed by atoms with Gasteiger partial charge in [0.25, 0.3) is 0 Å². The van der Waals surface area contributed by atoms with Crippen LogP contribution in [-0.2, 0) is 19.1 Å². The third kappa shape index (κ3) is 5.72. The van der Waals surface area contributed by atoms with Crippen LogP contribution in [0.15, 0.2) is 54.6 Å². The Hall–Kier alpha value is -3.62. The summed E-state index contributed by atoms with van der Waals surface area (Å²) in [6.45, 7) is 6.51. The van der Waals surface area contributed by atoms with E-state index >= 15 is 0 Å². The number of nitrogens with one attached hydrogen (secondary N) is 1. The number of carbonyl (C=O) groups is 1. The fourth-order valence-corrected chi connectivity index (χ4v) is 4.23. The average Bonchev–Trinajstić information content (AvgIpc) is 2.87. The molecule has 0 bridgehead atoms. The van der Waals surface area contributed by atoms with Crippen LogP contribution < -0.4 is 10.2 Å². The van der Waals surface area contributed by atoms with E-state index < -0.39 is 11.7 Å². The minimum Gasteiger partial charge on any atom is -0.353 e. The molecule has 6 nitrogen and oxygen atoms in total. The first kappa shape index (κ1) is 24.5. The van der Waals surface area contributed by atoms with Crippen LogP contribution in [0.25, 0.3) is 11.4 Å². The van der Waals surface area contributed by atoms with Crippen LogP contribution in [0.3, 0.4) is 0 Å². The maximum Gasteiger partial charge on any atom is 0.416 e. The minimum absolute atomic E-state index is 0.118. The van der Waals surface area contributed by atoms with E-state index in [4.69, 9.17) is 4.98 Å². The third-order valence-corrected chi connectivity index (χ3v) is 6.15. The number of aromatic nitrogens is 2. The van der Waals surface area contributed by atoms with Crippen LogP contribution in [0, 0.1) is 6.92 Å². The van der Waals surface area contributed by atoms with E-state index in [2.05, 4.69) is 15.2 Å². The Kier molecular flexibility index (Phi) is 7.23. The van der Waals surface area contributed by atoms with Crippen molar-refractivity contribution in [2.45, 2.75) is 33.0 Å². The second kappa shape index (κ2) is 10.3. The van der Waals surface area contributed by atoms with Crippen LogP contribution >= 0.6 is 0 Å². The smallest absolute Gasteiger partial charge is 0.353 e. The predicted molar refractivity (Wildman–Crippen MR) is 129 cm³/mol. The average molecular weight is 484 g/mol. The Morgan fingerprint density at radius 2 is 1.71 bits per heavy atom. The van der Waals surface area contributed by atoms with Crippen LogP contribution in [0.2, 0.25) is 0 Å². The Morgan fingerprint density at radius 3 is 2.37 bits per heavy atom. The largest absolute Gasteiger partial charge is 0.416 e. The molecule has 1 aromatic heterocycles. The quantitative estimate of drug-likeness (QED) is 0.551. The molecule has 184 valence electrons. The first-order valence-corrected chi connectivity index (χ1v) is 11.6. The highest BCUT2D eigenvalue weighted by atomic mass is 19.4. The van der Waals surface area contributed by atoms with E-state index in [1.54, 1.807) is 11.0 Å². The molecule has 0 unspecified atom stereocenters. The summed E-state index contributed by atoms with van der Waals surface area (Å²) in [6.07, 6.45) is -3.74. The van der Waals surface area contributed by atoms with Crippen molar-refractivity contribution in [3.8, 4) is 11.4 Å². The molecule has 0 saturated carbocycles. The number of rotatable bonds is 5. The van der Waals surface area contributed by atoms with E-state index in [1.807, 2.05) is 44.2 Å². The lowest BCUT2D eigenvalue weighted by molar-refractivity contribution is -0.137. The van der Waals surface area contributed by atoms with Crippen LogP contribution in [-0.4, -0.2) is 47.1 Å². The van der Waals surface area contributed by atoms with Crippen LogP contribution in [0.1, 0.15) is 29.3 Å². The number of amides is 2. The summed E-state index contributed by atoms with van der Waals surface area (Å²) in [7, 11) is 0. The molecule has 0 atom stereocenters. The summed E-state index contributed by atoms with van der Waals surface area (Å²) in [5.41, 5.74) is 2.33. The molecule has 2 aromatic carbocycles. The highest BCUT2D eigenvalue weighted by Gasteiger charge is 2.31. The molecule has 1 fully saturated rings. The number of anilines is 1. The van der Waals surface area contributed by atoms with Crippen molar-refractivity contribution >= 4 is 11.8 Å². The topological polar surface area (TPSA) is 61.4 Å². The van der Waals surface area contributed by atoms with Gasteiger partial charge in [-0.3, -0.25) is 0 Å². The number of halogens is 3. The number of nitrogens with zero attached hydrogens (tertiary/aromatic N) is 4. The maximum absolute atomic E-state index is 13.2. The lowest BCUT2D eigenvalue weighted by Gasteiger charge is -2.36.